The van der Waals surface area contributed by atoms with Gasteiger partial charge in [-0.2, -0.15) is 0 Å². The molecule has 2 N–H and O–H groups in total. The Hall–Kier alpha value is -1.02. The lowest BCUT2D eigenvalue weighted by Gasteiger charge is -2.23. The van der Waals surface area contributed by atoms with Gasteiger partial charge in [0.05, 0.1) is 7.11 Å². The highest BCUT2D eigenvalue weighted by Crippen LogP contribution is 2.18. The van der Waals surface area contributed by atoms with E-state index in [1.165, 1.54) is 5.56 Å². The molecule has 0 saturated carbocycles. The van der Waals surface area contributed by atoms with Gasteiger partial charge in [-0.3, -0.25) is 0 Å². The summed E-state index contributed by atoms with van der Waals surface area (Å²) in [6, 6.07) is 8.54. The van der Waals surface area contributed by atoms with Gasteiger partial charge in [0.15, 0.2) is 0 Å². The Labute approximate surface area is 105 Å². The smallest absolute Gasteiger partial charge is 0.118 e. The second kappa shape index (κ2) is 6.65. The van der Waals surface area contributed by atoms with E-state index < -0.39 is 0 Å². The fourth-order valence-corrected chi connectivity index (χ4v) is 1.88. The molecule has 1 aromatic rings. The molecule has 17 heavy (non-hydrogen) atoms. The Morgan fingerprint density at radius 2 is 1.71 bits per heavy atom. The summed E-state index contributed by atoms with van der Waals surface area (Å²) in [6.45, 7) is 6.71. The number of aryl methyl sites for hydroxylation is 1. The molecule has 0 aromatic heterocycles. The SMILES string of the molecule is COc1ccc(CCC(N)C(C)C(C)C)cc1. The number of methoxy groups -OCH3 is 1. The van der Waals surface area contributed by atoms with Crippen molar-refractivity contribution in [1.82, 2.24) is 0 Å². The molecule has 0 fully saturated rings. The number of benzene rings is 1. The van der Waals surface area contributed by atoms with Crippen LogP contribution in [0.25, 0.3) is 0 Å². The minimum absolute atomic E-state index is 0.289. The van der Waals surface area contributed by atoms with Crippen molar-refractivity contribution in [1.29, 1.82) is 0 Å². The van der Waals surface area contributed by atoms with E-state index in [9.17, 15) is 0 Å². The van der Waals surface area contributed by atoms with Crippen molar-refractivity contribution < 1.29 is 4.74 Å². The maximum absolute atomic E-state index is 6.20. The van der Waals surface area contributed by atoms with Gasteiger partial charge in [-0.25, -0.2) is 0 Å². The van der Waals surface area contributed by atoms with E-state index in [2.05, 4.69) is 32.9 Å². The predicted octanol–water partition coefficient (Wildman–Crippen LogP) is 3.25. The largest absolute Gasteiger partial charge is 0.497 e. The summed E-state index contributed by atoms with van der Waals surface area (Å²) in [5, 5.41) is 0. The molecule has 0 spiro atoms. The van der Waals surface area contributed by atoms with E-state index in [1.807, 2.05) is 12.1 Å². The summed E-state index contributed by atoms with van der Waals surface area (Å²) in [5.41, 5.74) is 7.53. The molecule has 96 valence electrons. The summed E-state index contributed by atoms with van der Waals surface area (Å²) in [6.07, 6.45) is 2.09. The lowest BCUT2D eigenvalue weighted by molar-refractivity contribution is 0.333. The highest BCUT2D eigenvalue weighted by molar-refractivity contribution is 5.27. The predicted molar refractivity (Wildman–Crippen MR) is 73.3 cm³/mol. The van der Waals surface area contributed by atoms with Gasteiger partial charge in [0, 0.05) is 6.04 Å². The van der Waals surface area contributed by atoms with Gasteiger partial charge in [0.2, 0.25) is 0 Å². The maximum Gasteiger partial charge on any atom is 0.118 e. The monoisotopic (exact) mass is 235 g/mol. The van der Waals surface area contributed by atoms with Crippen LogP contribution in [0.4, 0.5) is 0 Å². The molecule has 2 nitrogen and oxygen atoms in total. The standard InChI is InChI=1S/C15H25NO/c1-11(2)12(3)15(16)10-7-13-5-8-14(17-4)9-6-13/h5-6,8-9,11-12,15H,7,10,16H2,1-4H3. The van der Waals surface area contributed by atoms with Crippen molar-refractivity contribution >= 4 is 0 Å². The van der Waals surface area contributed by atoms with Gasteiger partial charge in [-0.15, -0.1) is 0 Å². The molecule has 2 heteroatoms. The second-order valence-corrected chi connectivity index (χ2v) is 5.15. The summed E-state index contributed by atoms with van der Waals surface area (Å²) in [7, 11) is 1.69. The first-order valence-corrected chi connectivity index (χ1v) is 6.43. The van der Waals surface area contributed by atoms with Gasteiger partial charge in [-0.05, 0) is 42.4 Å². The number of hydrogen-bond acceptors (Lipinski definition) is 2. The van der Waals surface area contributed by atoms with Crippen molar-refractivity contribution in [2.45, 2.75) is 39.7 Å². The Balaban J connectivity index is 2.44. The molecule has 0 bridgehead atoms. The second-order valence-electron chi connectivity index (χ2n) is 5.15. The molecule has 1 aromatic carbocycles. The van der Waals surface area contributed by atoms with E-state index in [4.69, 9.17) is 10.5 Å². The Morgan fingerprint density at radius 3 is 2.18 bits per heavy atom. The van der Waals surface area contributed by atoms with E-state index in [-0.39, 0.29) is 6.04 Å². The lowest BCUT2D eigenvalue weighted by atomic mass is 9.87. The van der Waals surface area contributed by atoms with E-state index >= 15 is 0 Å². The molecule has 0 aliphatic heterocycles. The maximum atomic E-state index is 6.20. The molecule has 0 aliphatic carbocycles. The average Bonchev–Trinajstić information content (AvgIpc) is 2.35. The first kappa shape index (κ1) is 14.0. The van der Waals surface area contributed by atoms with Crippen LogP contribution in [0, 0.1) is 11.8 Å². The van der Waals surface area contributed by atoms with Gasteiger partial charge in [0.1, 0.15) is 5.75 Å². The van der Waals surface area contributed by atoms with Crippen molar-refractivity contribution in [3.05, 3.63) is 29.8 Å². The van der Waals surface area contributed by atoms with Gasteiger partial charge >= 0.3 is 0 Å². The summed E-state index contributed by atoms with van der Waals surface area (Å²) >= 11 is 0. The number of rotatable bonds is 6. The zero-order valence-electron chi connectivity index (χ0n) is 11.4. The lowest BCUT2D eigenvalue weighted by Crippen LogP contribution is -2.31. The van der Waals surface area contributed by atoms with Gasteiger partial charge < -0.3 is 10.5 Å². The van der Waals surface area contributed by atoms with Crippen LogP contribution in [0.5, 0.6) is 5.75 Å². The molecule has 0 saturated heterocycles. The number of ether oxygens (including phenoxy) is 1. The normalized spacial score (nSPS) is 14.7. The summed E-state index contributed by atoms with van der Waals surface area (Å²) in [4.78, 5) is 0. The van der Waals surface area contributed by atoms with Crippen LogP contribution in [0.3, 0.4) is 0 Å². The van der Waals surface area contributed by atoms with E-state index in [0.29, 0.717) is 11.8 Å². The van der Waals surface area contributed by atoms with Crippen LogP contribution in [0.1, 0.15) is 32.8 Å². The zero-order chi connectivity index (χ0) is 12.8. The van der Waals surface area contributed by atoms with Crippen molar-refractivity contribution in [3.8, 4) is 5.75 Å². The molecule has 2 unspecified atom stereocenters. The third-order valence-electron chi connectivity index (χ3n) is 3.65. The van der Waals surface area contributed by atoms with Crippen molar-refractivity contribution in [3.63, 3.8) is 0 Å². The minimum atomic E-state index is 0.289. The van der Waals surface area contributed by atoms with Crippen LogP contribution in [0.2, 0.25) is 0 Å². The van der Waals surface area contributed by atoms with E-state index in [1.54, 1.807) is 7.11 Å². The third kappa shape index (κ3) is 4.39. The minimum Gasteiger partial charge on any atom is -0.497 e. The highest BCUT2D eigenvalue weighted by Gasteiger charge is 2.15. The Kier molecular flexibility index (Phi) is 5.49. The molecule has 0 radical (unpaired) electrons. The molecular weight excluding hydrogens is 210 g/mol. The van der Waals surface area contributed by atoms with Crippen LogP contribution in [-0.4, -0.2) is 13.2 Å². The third-order valence-corrected chi connectivity index (χ3v) is 3.65. The zero-order valence-corrected chi connectivity index (χ0v) is 11.4. The first-order valence-electron chi connectivity index (χ1n) is 6.43. The van der Waals surface area contributed by atoms with E-state index in [0.717, 1.165) is 18.6 Å². The van der Waals surface area contributed by atoms with Crippen LogP contribution in [-0.2, 0) is 6.42 Å². The molecule has 1 rings (SSSR count). The number of hydrogen-bond donors (Lipinski definition) is 1. The Bertz CT molecular complexity index is 318. The molecule has 2 atom stereocenters. The quantitative estimate of drug-likeness (QED) is 0.821. The van der Waals surface area contributed by atoms with Crippen molar-refractivity contribution in [2.75, 3.05) is 7.11 Å². The Morgan fingerprint density at radius 1 is 1.12 bits per heavy atom. The van der Waals surface area contributed by atoms with Gasteiger partial charge in [-0.1, -0.05) is 32.9 Å². The fourth-order valence-electron chi connectivity index (χ4n) is 1.88. The number of nitrogens with two attached hydrogens (primary N) is 1. The van der Waals surface area contributed by atoms with Crippen LogP contribution < -0.4 is 10.5 Å². The van der Waals surface area contributed by atoms with Crippen LogP contribution in [0.15, 0.2) is 24.3 Å². The van der Waals surface area contributed by atoms with Crippen molar-refractivity contribution in [2.24, 2.45) is 17.6 Å². The molecule has 0 heterocycles. The molecule has 0 aliphatic rings. The molecule has 0 amide bonds. The summed E-state index contributed by atoms with van der Waals surface area (Å²) < 4.78 is 5.14. The van der Waals surface area contributed by atoms with Crippen LogP contribution >= 0.6 is 0 Å². The first-order chi connectivity index (χ1) is 8.04. The fraction of sp³-hybridized carbons (Fsp3) is 0.600. The average molecular weight is 235 g/mol. The highest BCUT2D eigenvalue weighted by atomic mass is 16.5. The van der Waals surface area contributed by atoms with Gasteiger partial charge in [0.25, 0.3) is 0 Å². The topological polar surface area (TPSA) is 35.2 Å². The molecular formula is C15H25NO. The summed E-state index contributed by atoms with van der Waals surface area (Å²) in [5.74, 6) is 2.14.